The summed E-state index contributed by atoms with van der Waals surface area (Å²) in [6, 6.07) is 5.35. The molecule has 0 bridgehead atoms. The molecule has 2 N–H and O–H groups in total. The van der Waals surface area contributed by atoms with Gasteiger partial charge in [-0.2, -0.15) is 0 Å². The van der Waals surface area contributed by atoms with Gasteiger partial charge in [0.1, 0.15) is 6.54 Å². The summed E-state index contributed by atoms with van der Waals surface area (Å²) in [7, 11) is 0. The van der Waals surface area contributed by atoms with Crippen molar-refractivity contribution in [3.8, 4) is 0 Å². The van der Waals surface area contributed by atoms with E-state index in [0.717, 1.165) is 24.2 Å². The number of esters is 1. The first kappa shape index (κ1) is 12.4. The van der Waals surface area contributed by atoms with Crippen LogP contribution >= 0.6 is 0 Å². The van der Waals surface area contributed by atoms with Crippen LogP contribution < -0.4 is 10.6 Å². The highest BCUT2D eigenvalue weighted by molar-refractivity contribution is 5.94. The van der Waals surface area contributed by atoms with Crippen molar-refractivity contribution in [3.63, 3.8) is 0 Å². The minimum absolute atomic E-state index is 0.211. The Hall–Kier alpha value is -2.04. The minimum Gasteiger partial charge on any atom is -0.465 e. The maximum atomic E-state index is 11.5. The molecule has 0 spiro atoms. The third-order valence-corrected chi connectivity index (χ3v) is 2.99. The van der Waals surface area contributed by atoms with Crippen LogP contribution in [0, 0.1) is 0 Å². The maximum Gasteiger partial charge on any atom is 0.325 e. The molecular formula is C13H16N2O3. The van der Waals surface area contributed by atoms with Crippen molar-refractivity contribution >= 4 is 17.6 Å². The fourth-order valence-electron chi connectivity index (χ4n) is 2.13. The molecule has 0 aliphatic carbocycles. The summed E-state index contributed by atoms with van der Waals surface area (Å²) in [6.45, 7) is 3.13. The molecule has 5 nitrogen and oxygen atoms in total. The molecule has 5 heteroatoms. The number of hydrogen-bond donors (Lipinski definition) is 1. The van der Waals surface area contributed by atoms with Gasteiger partial charge in [-0.3, -0.25) is 9.59 Å². The van der Waals surface area contributed by atoms with Gasteiger partial charge in [0.15, 0.2) is 0 Å². The van der Waals surface area contributed by atoms with Crippen LogP contribution in [0.25, 0.3) is 0 Å². The van der Waals surface area contributed by atoms with Crippen LogP contribution in [0.2, 0.25) is 0 Å². The normalized spacial score (nSPS) is 13.3. The Kier molecular flexibility index (Phi) is 3.50. The summed E-state index contributed by atoms with van der Waals surface area (Å²) in [5.74, 6) is -0.712. The predicted octanol–water partition coefficient (Wildman–Crippen LogP) is 0.711. The average molecular weight is 248 g/mol. The molecule has 0 atom stereocenters. The lowest BCUT2D eigenvalue weighted by molar-refractivity contribution is -0.141. The minimum atomic E-state index is -0.458. The topological polar surface area (TPSA) is 72.6 Å². The number of rotatable bonds is 4. The Morgan fingerprint density at radius 3 is 2.89 bits per heavy atom. The highest BCUT2D eigenvalue weighted by Gasteiger charge is 2.22. The van der Waals surface area contributed by atoms with Gasteiger partial charge in [-0.15, -0.1) is 0 Å². The fraction of sp³-hybridized carbons (Fsp3) is 0.385. The Morgan fingerprint density at radius 2 is 2.22 bits per heavy atom. The highest BCUT2D eigenvalue weighted by Crippen LogP contribution is 2.28. The Labute approximate surface area is 106 Å². The van der Waals surface area contributed by atoms with E-state index in [2.05, 4.69) is 0 Å². The fourth-order valence-corrected chi connectivity index (χ4v) is 2.13. The number of ether oxygens (including phenoxy) is 1. The molecule has 2 rings (SSSR count). The van der Waals surface area contributed by atoms with Crippen LogP contribution in [0.5, 0.6) is 0 Å². The van der Waals surface area contributed by atoms with E-state index < -0.39 is 5.91 Å². The van der Waals surface area contributed by atoms with Crippen LogP contribution in [-0.4, -0.2) is 31.6 Å². The van der Waals surface area contributed by atoms with E-state index in [1.807, 2.05) is 11.0 Å². The van der Waals surface area contributed by atoms with E-state index in [1.54, 1.807) is 19.1 Å². The average Bonchev–Trinajstić information content (AvgIpc) is 2.72. The van der Waals surface area contributed by atoms with Crippen LogP contribution in [-0.2, 0) is 16.0 Å². The summed E-state index contributed by atoms with van der Waals surface area (Å²) in [5.41, 5.74) is 7.75. The molecule has 1 aliphatic heterocycles. The number of hydrogen-bond acceptors (Lipinski definition) is 4. The van der Waals surface area contributed by atoms with Gasteiger partial charge in [0.2, 0.25) is 5.91 Å². The van der Waals surface area contributed by atoms with E-state index in [1.165, 1.54) is 0 Å². The van der Waals surface area contributed by atoms with Gasteiger partial charge in [-0.1, -0.05) is 6.07 Å². The van der Waals surface area contributed by atoms with Crippen LogP contribution in [0.3, 0.4) is 0 Å². The molecule has 0 aromatic heterocycles. The molecule has 1 aliphatic rings. The third kappa shape index (κ3) is 2.45. The third-order valence-electron chi connectivity index (χ3n) is 2.99. The van der Waals surface area contributed by atoms with Gasteiger partial charge >= 0.3 is 5.97 Å². The lowest BCUT2D eigenvalue weighted by Gasteiger charge is -2.18. The van der Waals surface area contributed by atoms with Crippen LogP contribution in [0.4, 0.5) is 5.69 Å². The van der Waals surface area contributed by atoms with Crippen molar-refractivity contribution in [2.24, 2.45) is 5.73 Å². The lowest BCUT2D eigenvalue weighted by Crippen LogP contribution is -2.29. The van der Waals surface area contributed by atoms with E-state index in [0.29, 0.717) is 12.2 Å². The molecule has 0 radical (unpaired) electrons. The second-order valence-electron chi connectivity index (χ2n) is 4.18. The zero-order chi connectivity index (χ0) is 13.1. The molecule has 1 aromatic rings. The van der Waals surface area contributed by atoms with Gasteiger partial charge in [0.05, 0.1) is 6.61 Å². The van der Waals surface area contributed by atoms with Crippen molar-refractivity contribution in [1.29, 1.82) is 0 Å². The van der Waals surface area contributed by atoms with Gasteiger partial charge < -0.3 is 15.4 Å². The van der Waals surface area contributed by atoms with Gasteiger partial charge in [-0.25, -0.2) is 0 Å². The zero-order valence-corrected chi connectivity index (χ0v) is 10.3. The Balaban J connectivity index is 2.18. The molecule has 1 amide bonds. The monoisotopic (exact) mass is 248 g/mol. The number of fused-ring (bicyclic) bond motifs is 1. The summed E-state index contributed by atoms with van der Waals surface area (Å²) in [4.78, 5) is 24.5. The number of carbonyl (C=O) groups is 2. The molecule has 0 unspecified atom stereocenters. The summed E-state index contributed by atoms with van der Waals surface area (Å²) < 4.78 is 4.92. The number of benzene rings is 1. The van der Waals surface area contributed by atoms with Crippen molar-refractivity contribution in [2.45, 2.75) is 13.3 Å². The van der Waals surface area contributed by atoms with E-state index in [4.69, 9.17) is 10.5 Å². The highest BCUT2D eigenvalue weighted by atomic mass is 16.5. The number of primary amides is 1. The first-order chi connectivity index (χ1) is 8.61. The quantitative estimate of drug-likeness (QED) is 0.796. The standard InChI is InChI=1S/C13H16N2O3/c1-2-18-12(16)8-15-6-5-9-3-4-10(13(14)17)7-11(9)15/h3-4,7H,2,5-6,8H2,1H3,(H2,14,17). The van der Waals surface area contributed by atoms with E-state index in [-0.39, 0.29) is 12.5 Å². The first-order valence-electron chi connectivity index (χ1n) is 5.95. The van der Waals surface area contributed by atoms with Gasteiger partial charge in [0.25, 0.3) is 0 Å². The number of carbonyl (C=O) groups excluding carboxylic acids is 2. The molecule has 1 heterocycles. The second-order valence-corrected chi connectivity index (χ2v) is 4.18. The molecule has 0 saturated carbocycles. The van der Waals surface area contributed by atoms with E-state index >= 15 is 0 Å². The molecule has 0 fully saturated rings. The molecule has 1 aromatic carbocycles. The summed E-state index contributed by atoms with van der Waals surface area (Å²) in [5, 5.41) is 0. The Morgan fingerprint density at radius 1 is 1.44 bits per heavy atom. The summed E-state index contributed by atoms with van der Waals surface area (Å²) >= 11 is 0. The van der Waals surface area contributed by atoms with Gasteiger partial charge in [-0.05, 0) is 31.0 Å². The zero-order valence-electron chi connectivity index (χ0n) is 10.3. The molecule has 18 heavy (non-hydrogen) atoms. The van der Waals surface area contributed by atoms with Crippen molar-refractivity contribution in [1.82, 2.24) is 0 Å². The first-order valence-corrected chi connectivity index (χ1v) is 5.95. The SMILES string of the molecule is CCOC(=O)CN1CCc2ccc(C(N)=O)cc21. The smallest absolute Gasteiger partial charge is 0.325 e. The molecule has 96 valence electrons. The molecular weight excluding hydrogens is 232 g/mol. The predicted molar refractivity (Wildman–Crippen MR) is 67.5 cm³/mol. The van der Waals surface area contributed by atoms with Crippen LogP contribution in [0.1, 0.15) is 22.8 Å². The summed E-state index contributed by atoms with van der Waals surface area (Å²) in [6.07, 6.45) is 0.869. The Bertz CT molecular complexity index is 485. The number of amides is 1. The van der Waals surface area contributed by atoms with Crippen LogP contribution in [0.15, 0.2) is 18.2 Å². The molecule has 0 saturated heterocycles. The number of nitrogens with two attached hydrogens (primary N) is 1. The van der Waals surface area contributed by atoms with Crippen molar-refractivity contribution < 1.29 is 14.3 Å². The lowest BCUT2D eigenvalue weighted by atomic mass is 10.1. The largest absolute Gasteiger partial charge is 0.465 e. The van der Waals surface area contributed by atoms with E-state index in [9.17, 15) is 9.59 Å². The van der Waals surface area contributed by atoms with Gasteiger partial charge in [0, 0.05) is 17.8 Å². The van der Waals surface area contributed by atoms with Crippen molar-refractivity contribution in [3.05, 3.63) is 29.3 Å². The number of anilines is 1. The number of nitrogens with zero attached hydrogens (tertiary/aromatic N) is 1. The maximum absolute atomic E-state index is 11.5. The van der Waals surface area contributed by atoms with Crippen molar-refractivity contribution in [2.75, 3.05) is 24.6 Å². The second kappa shape index (κ2) is 5.08.